The molecule has 1 aliphatic heterocycles. The lowest BCUT2D eigenvalue weighted by Crippen LogP contribution is -2.43. The van der Waals surface area contributed by atoms with Crippen LogP contribution in [0.15, 0.2) is 18.2 Å². The molecule has 4 atom stereocenters. The van der Waals surface area contributed by atoms with Gasteiger partial charge < -0.3 is 35.4 Å². The molecule has 7 heteroatoms. The fraction of sp³-hybridized carbons (Fsp3) is 0.500. The van der Waals surface area contributed by atoms with E-state index in [4.69, 9.17) is 9.84 Å². The van der Waals surface area contributed by atoms with Gasteiger partial charge in [-0.05, 0) is 18.2 Å². The van der Waals surface area contributed by atoms with Gasteiger partial charge in [-0.2, -0.15) is 0 Å². The predicted octanol–water partition coefficient (Wildman–Crippen LogP) is -1.60. The average molecular weight is 272 g/mol. The Balaban J connectivity index is 2.52. The van der Waals surface area contributed by atoms with Crippen molar-refractivity contribution in [1.82, 2.24) is 0 Å². The van der Waals surface area contributed by atoms with Crippen LogP contribution in [0.3, 0.4) is 0 Å². The minimum absolute atomic E-state index is 0.0579. The van der Waals surface area contributed by atoms with Crippen LogP contribution in [-0.4, -0.2) is 62.2 Å². The first-order chi connectivity index (χ1) is 8.96. The molecule has 1 saturated heterocycles. The van der Waals surface area contributed by atoms with Crippen molar-refractivity contribution in [3.8, 4) is 11.5 Å². The molecule has 6 N–H and O–H groups in total. The number of benzene rings is 1. The molecule has 106 valence electrons. The molecule has 7 nitrogen and oxygen atoms in total. The van der Waals surface area contributed by atoms with Crippen LogP contribution in [0.4, 0.5) is 0 Å². The lowest BCUT2D eigenvalue weighted by Gasteiger charge is -2.31. The second-order valence-corrected chi connectivity index (χ2v) is 4.52. The van der Waals surface area contributed by atoms with Crippen LogP contribution in [0.5, 0.6) is 11.5 Å². The minimum atomic E-state index is -1.80. The van der Waals surface area contributed by atoms with Gasteiger partial charge in [0.05, 0.1) is 13.2 Å². The van der Waals surface area contributed by atoms with E-state index in [1.165, 1.54) is 12.1 Å². The van der Waals surface area contributed by atoms with Crippen LogP contribution in [0, 0.1) is 0 Å². The van der Waals surface area contributed by atoms with Gasteiger partial charge in [-0.15, -0.1) is 0 Å². The van der Waals surface area contributed by atoms with Crippen LogP contribution >= 0.6 is 0 Å². The molecule has 1 aromatic carbocycles. The third-order valence-corrected chi connectivity index (χ3v) is 3.39. The smallest absolute Gasteiger partial charge is 0.149 e. The largest absolute Gasteiger partial charge is 0.508 e. The summed E-state index contributed by atoms with van der Waals surface area (Å²) in [6, 6.07) is 3.53. The molecule has 1 heterocycles. The van der Waals surface area contributed by atoms with Crippen molar-refractivity contribution >= 4 is 0 Å². The zero-order valence-corrected chi connectivity index (χ0v) is 9.97. The highest BCUT2D eigenvalue weighted by molar-refractivity contribution is 5.44. The molecule has 0 aliphatic carbocycles. The first kappa shape index (κ1) is 14.0. The molecule has 1 fully saturated rings. The molecule has 0 radical (unpaired) electrons. The van der Waals surface area contributed by atoms with Crippen molar-refractivity contribution in [3.63, 3.8) is 0 Å². The molecular weight excluding hydrogens is 256 g/mol. The zero-order valence-electron chi connectivity index (χ0n) is 9.97. The van der Waals surface area contributed by atoms with Gasteiger partial charge in [-0.25, -0.2) is 0 Å². The fourth-order valence-corrected chi connectivity index (χ4v) is 2.34. The number of aromatic hydroxyl groups is 2. The number of phenolic OH excluding ortho intramolecular Hbond substituents is 2. The van der Waals surface area contributed by atoms with E-state index in [1.807, 2.05) is 0 Å². The molecule has 1 unspecified atom stereocenters. The van der Waals surface area contributed by atoms with Gasteiger partial charge in [0.25, 0.3) is 0 Å². The maximum Gasteiger partial charge on any atom is 0.149 e. The number of hydrogen-bond donors (Lipinski definition) is 6. The van der Waals surface area contributed by atoms with Crippen LogP contribution in [-0.2, 0) is 10.3 Å². The Hall–Kier alpha value is -1.38. The van der Waals surface area contributed by atoms with Crippen molar-refractivity contribution in [1.29, 1.82) is 0 Å². The van der Waals surface area contributed by atoms with Crippen molar-refractivity contribution < 1.29 is 35.4 Å². The minimum Gasteiger partial charge on any atom is -0.508 e. The SMILES string of the molecule is OC[C@H]1OC(CO)(c2cc(O)ccc2O)[C@@H](O)[C@@H]1O. The lowest BCUT2D eigenvalue weighted by molar-refractivity contribution is -0.125. The van der Waals surface area contributed by atoms with E-state index in [-0.39, 0.29) is 17.1 Å². The first-order valence-electron chi connectivity index (χ1n) is 5.74. The van der Waals surface area contributed by atoms with Crippen molar-refractivity contribution in [2.75, 3.05) is 13.2 Å². The van der Waals surface area contributed by atoms with Crippen LogP contribution < -0.4 is 0 Å². The van der Waals surface area contributed by atoms with Crippen molar-refractivity contribution in [2.45, 2.75) is 23.9 Å². The monoisotopic (exact) mass is 272 g/mol. The van der Waals surface area contributed by atoms with E-state index in [0.717, 1.165) is 6.07 Å². The van der Waals surface area contributed by atoms with Crippen LogP contribution in [0.1, 0.15) is 5.56 Å². The molecule has 1 aromatic rings. The Labute approximate surface area is 108 Å². The van der Waals surface area contributed by atoms with Gasteiger partial charge in [0.1, 0.15) is 35.4 Å². The Morgan fingerprint density at radius 2 is 1.84 bits per heavy atom. The summed E-state index contributed by atoms with van der Waals surface area (Å²) in [5.41, 5.74) is -1.85. The maximum atomic E-state index is 10.0. The fourth-order valence-electron chi connectivity index (χ4n) is 2.34. The van der Waals surface area contributed by atoms with E-state index < -0.39 is 37.1 Å². The number of ether oxygens (including phenoxy) is 1. The second-order valence-electron chi connectivity index (χ2n) is 4.52. The van der Waals surface area contributed by atoms with Gasteiger partial charge in [0, 0.05) is 5.56 Å². The van der Waals surface area contributed by atoms with Crippen LogP contribution in [0.25, 0.3) is 0 Å². The quantitative estimate of drug-likeness (QED) is 0.365. The topological polar surface area (TPSA) is 131 Å². The van der Waals surface area contributed by atoms with E-state index >= 15 is 0 Å². The second kappa shape index (κ2) is 4.95. The van der Waals surface area contributed by atoms with Gasteiger partial charge in [-0.3, -0.25) is 0 Å². The summed E-state index contributed by atoms with van der Waals surface area (Å²) in [6.07, 6.45) is -4.06. The van der Waals surface area contributed by atoms with E-state index in [0.29, 0.717) is 0 Å². The summed E-state index contributed by atoms with van der Waals surface area (Å²) >= 11 is 0. The number of aliphatic hydroxyl groups excluding tert-OH is 4. The highest BCUT2D eigenvalue weighted by atomic mass is 16.6. The van der Waals surface area contributed by atoms with E-state index in [2.05, 4.69) is 0 Å². The molecule has 1 aliphatic rings. The molecule has 0 spiro atoms. The molecule has 0 bridgehead atoms. The lowest BCUT2D eigenvalue weighted by atomic mass is 9.87. The average Bonchev–Trinajstić information content (AvgIpc) is 2.66. The van der Waals surface area contributed by atoms with Gasteiger partial charge in [0.2, 0.25) is 0 Å². The summed E-state index contributed by atoms with van der Waals surface area (Å²) in [5.74, 6) is -0.505. The van der Waals surface area contributed by atoms with Crippen molar-refractivity contribution in [2.24, 2.45) is 0 Å². The highest BCUT2D eigenvalue weighted by Crippen LogP contribution is 2.44. The number of phenols is 2. The molecule has 2 rings (SSSR count). The standard InChI is InChI=1S/C12H16O7/c13-4-9-10(17)11(18)12(5-14,19-9)7-3-6(15)1-2-8(7)16/h1-3,9-11,13-18H,4-5H2/t9-,10-,11+,12?/m1/s1. The summed E-state index contributed by atoms with van der Waals surface area (Å²) < 4.78 is 5.32. The number of rotatable bonds is 3. The summed E-state index contributed by atoms with van der Waals surface area (Å²) in [4.78, 5) is 0. The molecule has 0 aromatic heterocycles. The number of aliphatic hydroxyl groups is 4. The summed E-state index contributed by atoms with van der Waals surface area (Å²) in [6.45, 7) is -1.29. The third-order valence-electron chi connectivity index (χ3n) is 3.39. The Bertz CT molecular complexity index is 463. The van der Waals surface area contributed by atoms with E-state index in [1.54, 1.807) is 0 Å². The van der Waals surface area contributed by atoms with E-state index in [9.17, 15) is 25.5 Å². The van der Waals surface area contributed by atoms with Gasteiger partial charge in [-0.1, -0.05) is 0 Å². The zero-order chi connectivity index (χ0) is 14.2. The molecule has 0 amide bonds. The summed E-state index contributed by atoms with van der Waals surface area (Å²) in [7, 11) is 0. The first-order valence-corrected chi connectivity index (χ1v) is 5.74. The van der Waals surface area contributed by atoms with Crippen LogP contribution in [0.2, 0.25) is 0 Å². The predicted molar refractivity (Wildman–Crippen MR) is 62.5 cm³/mol. The Morgan fingerprint density at radius 1 is 1.16 bits per heavy atom. The normalized spacial score (nSPS) is 34.6. The maximum absolute atomic E-state index is 10.0. The summed E-state index contributed by atoms with van der Waals surface area (Å²) in [5, 5.41) is 57.6. The third kappa shape index (κ3) is 2.05. The van der Waals surface area contributed by atoms with Crippen molar-refractivity contribution in [3.05, 3.63) is 23.8 Å². The number of hydrogen-bond acceptors (Lipinski definition) is 7. The molecular formula is C12H16O7. The Morgan fingerprint density at radius 3 is 2.37 bits per heavy atom. The highest BCUT2D eigenvalue weighted by Gasteiger charge is 2.55. The molecule has 19 heavy (non-hydrogen) atoms. The van der Waals surface area contributed by atoms with Gasteiger partial charge in [0.15, 0.2) is 0 Å². The molecule has 0 saturated carbocycles. The Kier molecular flexibility index (Phi) is 3.66. The van der Waals surface area contributed by atoms with Gasteiger partial charge >= 0.3 is 0 Å².